The van der Waals surface area contributed by atoms with Crippen molar-refractivity contribution < 1.29 is 14.6 Å². The molecule has 1 aromatic carbocycles. The molecular formula is C14H14O3. The van der Waals surface area contributed by atoms with Crippen molar-refractivity contribution in [1.29, 1.82) is 0 Å². The molecule has 3 heteroatoms. The molecule has 0 bridgehead atoms. The van der Waals surface area contributed by atoms with E-state index in [0.29, 0.717) is 31.6 Å². The van der Waals surface area contributed by atoms with Crippen molar-refractivity contribution in [3.63, 3.8) is 0 Å². The third-order valence-corrected chi connectivity index (χ3v) is 3.29. The SMILES string of the molecule is C#CCCC1(C(=O)O)CCOc2ccccc21. The molecule has 0 saturated carbocycles. The van der Waals surface area contributed by atoms with Crippen LogP contribution in [0.1, 0.15) is 24.8 Å². The molecule has 1 unspecified atom stereocenters. The third-order valence-electron chi connectivity index (χ3n) is 3.29. The summed E-state index contributed by atoms with van der Waals surface area (Å²) < 4.78 is 5.49. The first kappa shape index (κ1) is 11.5. The Balaban J connectivity index is 2.48. The summed E-state index contributed by atoms with van der Waals surface area (Å²) in [6.07, 6.45) is 6.64. The van der Waals surface area contributed by atoms with Gasteiger partial charge in [-0.1, -0.05) is 18.2 Å². The fourth-order valence-corrected chi connectivity index (χ4v) is 2.33. The molecule has 0 spiro atoms. The zero-order chi connectivity index (χ0) is 12.3. The van der Waals surface area contributed by atoms with Crippen molar-refractivity contribution in [2.45, 2.75) is 24.7 Å². The van der Waals surface area contributed by atoms with E-state index in [0.717, 1.165) is 5.56 Å². The van der Waals surface area contributed by atoms with Crippen LogP contribution in [0.5, 0.6) is 5.75 Å². The average Bonchev–Trinajstić information content (AvgIpc) is 2.36. The second kappa shape index (κ2) is 4.50. The largest absolute Gasteiger partial charge is 0.493 e. The number of ether oxygens (including phenoxy) is 1. The molecule has 0 fully saturated rings. The summed E-state index contributed by atoms with van der Waals surface area (Å²) >= 11 is 0. The fourth-order valence-electron chi connectivity index (χ4n) is 2.33. The van der Waals surface area contributed by atoms with Crippen molar-refractivity contribution >= 4 is 5.97 Å². The molecule has 88 valence electrons. The first-order valence-electron chi connectivity index (χ1n) is 5.60. The van der Waals surface area contributed by atoms with Gasteiger partial charge in [-0.15, -0.1) is 12.3 Å². The predicted molar refractivity (Wildman–Crippen MR) is 63.9 cm³/mol. The van der Waals surface area contributed by atoms with Crippen molar-refractivity contribution in [3.8, 4) is 18.1 Å². The number of hydrogen-bond donors (Lipinski definition) is 1. The number of hydrogen-bond acceptors (Lipinski definition) is 2. The lowest BCUT2D eigenvalue weighted by molar-refractivity contribution is -0.145. The van der Waals surface area contributed by atoms with Gasteiger partial charge >= 0.3 is 5.97 Å². The molecular weight excluding hydrogens is 216 g/mol. The van der Waals surface area contributed by atoms with E-state index in [1.165, 1.54) is 0 Å². The molecule has 0 aromatic heterocycles. The van der Waals surface area contributed by atoms with E-state index < -0.39 is 11.4 Å². The monoisotopic (exact) mass is 230 g/mol. The van der Waals surface area contributed by atoms with Crippen molar-refractivity contribution in [3.05, 3.63) is 29.8 Å². The number of carboxylic acids is 1. The normalized spacial score (nSPS) is 22.1. The van der Waals surface area contributed by atoms with Crippen LogP contribution in [0.4, 0.5) is 0 Å². The number of para-hydroxylation sites is 1. The number of carboxylic acid groups (broad SMARTS) is 1. The number of rotatable bonds is 3. The summed E-state index contributed by atoms with van der Waals surface area (Å²) in [7, 11) is 0. The van der Waals surface area contributed by atoms with Gasteiger partial charge in [0.05, 0.1) is 6.61 Å². The first-order valence-corrected chi connectivity index (χ1v) is 5.60. The van der Waals surface area contributed by atoms with E-state index in [9.17, 15) is 9.90 Å². The molecule has 3 nitrogen and oxygen atoms in total. The van der Waals surface area contributed by atoms with Gasteiger partial charge in [0.1, 0.15) is 11.2 Å². The summed E-state index contributed by atoms with van der Waals surface area (Å²) in [4.78, 5) is 11.6. The highest BCUT2D eigenvalue weighted by atomic mass is 16.5. The van der Waals surface area contributed by atoms with E-state index in [4.69, 9.17) is 11.2 Å². The lowest BCUT2D eigenvalue weighted by Gasteiger charge is -2.34. The molecule has 0 amide bonds. The van der Waals surface area contributed by atoms with Crippen LogP contribution in [0.25, 0.3) is 0 Å². The van der Waals surface area contributed by atoms with Crippen LogP contribution in [0.2, 0.25) is 0 Å². The van der Waals surface area contributed by atoms with E-state index >= 15 is 0 Å². The van der Waals surface area contributed by atoms with E-state index in [-0.39, 0.29) is 0 Å². The summed E-state index contributed by atoms with van der Waals surface area (Å²) in [6, 6.07) is 7.31. The highest BCUT2D eigenvalue weighted by molar-refractivity contribution is 5.83. The van der Waals surface area contributed by atoms with Gasteiger partial charge in [-0.25, -0.2) is 0 Å². The van der Waals surface area contributed by atoms with Crippen LogP contribution in [0.3, 0.4) is 0 Å². The highest BCUT2D eigenvalue weighted by Crippen LogP contribution is 2.42. The number of carbonyl (C=O) groups is 1. The van der Waals surface area contributed by atoms with Gasteiger partial charge in [-0.05, 0) is 12.5 Å². The Morgan fingerprint density at radius 1 is 1.53 bits per heavy atom. The van der Waals surface area contributed by atoms with E-state index in [1.807, 2.05) is 24.3 Å². The molecule has 1 aromatic rings. The Morgan fingerprint density at radius 3 is 3.00 bits per heavy atom. The van der Waals surface area contributed by atoms with Crippen molar-refractivity contribution in [2.75, 3.05) is 6.61 Å². The van der Waals surface area contributed by atoms with E-state index in [1.54, 1.807) is 0 Å². The second-order valence-electron chi connectivity index (χ2n) is 4.19. The lowest BCUT2D eigenvalue weighted by Crippen LogP contribution is -2.40. The van der Waals surface area contributed by atoms with Crippen LogP contribution in [0, 0.1) is 12.3 Å². The van der Waals surface area contributed by atoms with Gasteiger partial charge in [0.25, 0.3) is 0 Å². The lowest BCUT2D eigenvalue weighted by atomic mass is 9.73. The fraction of sp³-hybridized carbons (Fsp3) is 0.357. The van der Waals surface area contributed by atoms with Gasteiger partial charge in [-0.2, -0.15) is 0 Å². The molecule has 1 heterocycles. The number of aliphatic carboxylic acids is 1. The minimum atomic E-state index is -0.888. The zero-order valence-corrected chi connectivity index (χ0v) is 9.48. The van der Waals surface area contributed by atoms with E-state index in [2.05, 4.69) is 5.92 Å². The summed E-state index contributed by atoms with van der Waals surface area (Å²) in [5, 5.41) is 9.54. The maximum atomic E-state index is 11.6. The van der Waals surface area contributed by atoms with Crippen LogP contribution in [0.15, 0.2) is 24.3 Å². The maximum absolute atomic E-state index is 11.6. The highest BCUT2D eigenvalue weighted by Gasteiger charge is 2.43. The minimum absolute atomic E-state index is 0.424. The Hall–Kier alpha value is -1.95. The number of fused-ring (bicyclic) bond motifs is 1. The molecule has 1 aliphatic rings. The molecule has 17 heavy (non-hydrogen) atoms. The van der Waals surface area contributed by atoms with Crippen molar-refractivity contribution in [2.24, 2.45) is 0 Å². The van der Waals surface area contributed by atoms with Crippen LogP contribution < -0.4 is 4.74 Å². The molecule has 1 N–H and O–H groups in total. The second-order valence-corrected chi connectivity index (χ2v) is 4.19. The molecule has 0 aliphatic carbocycles. The van der Waals surface area contributed by atoms with Crippen LogP contribution >= 0.6 is 0 Å². The number of terminal acetylenes is 1. The van der Waals surface area contributed by atoms with Gasteiger partial charge in [0, 0.05) is 18.4 Å². The maximum Gasteiger partial charge on any atom is 0.314 e. The van der Waals surface area contributed by atoms with Gasteiger partial charge in [0.15, 0.2) is 0 Å². The Bertz CT molecular complexity index is 473. The van der Waals surface area contributed by atoms with Crippen molar-refractivity contribution in [1.82, 2.24) is 0 Å². The van der Waals surface area contributed by atoms with Crippen LogP contribution in [-0.4, -0.2) is 17.7 Å². The van der Waals surface area contributed by atoms with Gasteiger partial charge in [0.2, 0.25) is 0 Å². The third kappa shape index (κ3) is 1.87. The molecule has 1 atom stereocenters. The number of benzene rings is 1. The van der Waals surface area contributed by atoms with Crippen LogP contribution in [-0.2, 0) is 10.2 Å². The Morgan fingerprint density at radius 2 is 2.29 bits per heavy atom. The first-order chi connectivity index (χ1) is 8.20. The summed E-state index contributed by atoms with van der Waals surface area (Å²) in [5.41, 5.74) is -0.143. The predicted octanol–water partition coefficient (Wildman–Crippen LogP) is 2.20. The topological polar surface area (TPSA) is 46.5 Å². The zero-order valence-electron chi connectivity index (χ0n) is 9.48. The molecule has 1 aliphatic heterocycles. The summed E-state index contributed by atoms with van der Waals surface area (Å²) in [5.74, 6) is 2.37. The Kier molecular flexibility index (Phi) is 3.06. The smallest absolute Gasteiger partial charge is 0.314 e. The standard InChI is InChI=1S/C14H14O3/c1-2-3-8-14(13(15)16)9-10-17-12-7-5-4-6-11(12)14/h1,4-7H,3,8-10H2,(H,15,16). The molecule has 0 saturated heterocycles. The average molecular weight is 230 g/mol. The molecule has 2 rings (SSSR count). The summed E-state index contributed by atoms with van der Waals surface area (Å²) in [6.45, 7) is 0.424. The van der Waals surface area contributed by atoms with Gasteiger partial charge in [-0.3, -0.25) is 4.79 Å². The molecule has 0 radical (unpaired) electrons. The quantitative estimate of drug-likeness (QED) is 0.810. The minimum Gasteiger partial charge on any atom is -0.493 e. The Labute approximate surface area is 100 Å². The van der Waals surface area contributed by atoms with Gasteiger partial charge < -0.3 is 9.84 Å².